The summed E-state index contributed by atoms with van der Waals surface area (Å²) in [5.41, 5.74) is 1.96. The Balaban J connectivity index is 2.02. The maximum absolute atomic E-state index is 13.6. The highest BCUT2D eigenvalue weighted by Gasteiger charge is 2.10. The maximum atomic E-state index is 13.6. The van der Waals surface area contributed by atoms with E-state index in [1.807, 2.05) is 38.1 Å². The van der Waals surface area contributed by atoms with Gasteiger partial charge in [-0.15, -0.1) is 0 Å². The van der Waals surface area contributed by atoms with Crippen LogP contribution in [0.3, 0.4) is 0 Å². The summed E-state index contributed by atoms with van der Waals surface area (Å²) in [7, 11) is 1.53. The largest absolute Gasteiger partial charge is 0.493 e. The first-order valence-electron chi connectivity index (χ1n) is 7.53. The average Bonchev–Trinajstić information content (AvgIpc) is 2.57. The Morgan fingerprint density at radius 3 is 2.71 bits per heavy atom. The van der Waals surface area contributed by atoms with Crippen molar-refractivity contribution in [2.24, 2.45) is 0 Å². The first-order chi connectivity index (χ1) is 11.5. The number of carbonyl (C=O) groups is 1. The van der Waals surface area contributed by atoms with Gasteiger partial charge in [-0.2, -0.15) is 0 Å². The minimum Gasteiger partial charge on any atom is -0.493 e. The molecule has 0 unspecified atom stereocenters. The summed E-state index contributed by atoms with van der Waals surface area (Å²) in [5, 5.41) is 2.50. The van der Waals surface area contributed by atoms with Crippen LogP contribution in [0, 0.1) is 12.7 Å². The summed E-state index contributed by atoms with van der Waals surface area (Å²) < 4.78 is 24.4. The predicted molar refractivity (Wildman–Crippen MR) is 93.0 cm³/mol. The van der Waals surface area contributed by atoms with E-state index >= 15 is 0 Å². The molecular formula is C19H20FNO3. The summed E-state index contributed by atoms with van der Waals surface area (Å²) in [6.45, 7) is 3.50. The van der Waals surface area contributed by atoms with E-state index in [9.17, 15) is 9.18 Å². The van der Waals surface area contributed by atoms with Crippen molar-refractivity contribution < 1.29 is 18.7 Å². The number of hydrogen-bond acceptors (Lipinski definition) is 3. The number of nitrogens with one attached hydrogen (secondary N) is 1. The van der Waals surface area contributed by atoms with E-state index in [2.05, 4.69) is 5.32 Å². The van der Waals surface area contributed by atoms with Gasteiger partial charge in [0.15, 0.2) is 18.1 Å². The van der Waals surface area contributed by atoms with Gasteiger partial charge in [0.25, 0.3) is 5.91 Å². The SMILES string of the molecule is C/C=C\c1ccc(OCC(=O)Nc2cc(C)ccc2F)c(OC)c1. The Kier molecular flexibility index (Phi) is 5.95. The molecule has 0 saturated heterocycles. The van der Waals surface area contributed by atoms with E-state index < -0.39 is 11.7 Å². The Hall–Kier alpha value is -2.82. The molecule has 0 fully saturated rings. The summed E-state index contributed by atoms with van der Waals surface area (Å²) in [5.74, 6) is 0.0482. The quantitative estimate of drug-likeness (QED) is 0.864. The fourth-order valence-electron chi connectivity index (χ4n) is 2.16. The lowest BCUT2D eigenvalue weighted by molar-refractivity contribution is -0.118. The van der Waals surface area contributed by atoms with Crippen molar-refractivity contribution in [3.63, 3.8) is 0 Å². The van der Waals surface area contributed by atoms with E-state index in [0.29, 0.717) is 11.5 Å². The average molecular weight is 329 g/mol. The maximum Gasteiger partial charge on any atom is 0.262 e. The standard InChI is InChI=1S/C19H20FNO3/c1-4-5-14-7-9-17(18(11-14)23-3)24-12-19(22)21-16-10-13(2)6-8-15(16)20/h4-11H,12H2,1-3H3,(H,21,22)/b5-4-. The smallest absolute Gasteiger partial charge is 0.262 e. The third kappa shape index (κ3) is 4.59. The number of aryl methyl sites for hydroxylation is 1. The molecule has 24 heavy (non-hydrogen) atoms. The zero-order valence-corrected chi connectivity index (χ0v) is 13.9. The molecule has 4 nitrogen and oxygen atoms in total. The Morgan fingerprint density at radius 2 is 2.00 bits per heavy atom. The van der Waals surface area contributed by atoms with Gasteiger partial charge in [0.1, 0.15) is 5.82 Å². The zero-order valence-electron chi connectivity index (χ0n) is 13.9. The van der Waals surface area contributed by atoms with Crippen molar-refractivity contribution in [3.05, 3.63) is 59.4 Å². The Morgan fingerprint density at radius 1 is 1.21 bits per heavy atom. The lowest BCUT2D eigenvalue weighted by atomic mass is 10.2. The highest BCUT2D eigenvalue weighted by Crippen LogP contribution is 2.28. The number of ether oxygens (including phenoxy) is 2. The van der Waals surface area contributed by atoms with E-state index in [4.69, 9.17) is 9.47 Å². The summed E-state index contributed by atoms with van der Waals surface area (Å²) in [4.78, 5) is 12.0. The van der Waals surface area contributed by atoms with Crippen LogP contribution in [0.1, 0.15) is 18.1 Å². The second kappa shape index (κ2) is 8.15. The van der Waals surface area contributed by atoms with Crippen molar-refractivity contribution in [1.29, 1.82) is 0 Å². The lowest BCUT2D eigenvalue weighted by Crippen LogP contribution is -2.21. The molecule has 2 aromatic carbocycles. The van der Waals surface area contributed by atoms with Gasteiger partial charge in [-0.25, -0.2) is 4.39 Å². The molecule has 0 aliphatic carbocycles. The number of methoxy groups -OCH3 is 1. The molecule has 2 rings (SSSR count). The number of carbonyl (C=O) groups excluding carboxylic acids is 1. The van der Waals surface area contributed by atoms with Crippen molar-refractivity contribution in [3.8, 4) is 11.5 Å². The van der Waals surface area contributed by atoms with Crippen LogP contribution < -0.4 is 14.8 Å². The third-order valence-electron chi connectivity index (χ3n) is 3.30. The monoisotopic (exact) mass is 329 g/mol. The van der Waals surface area contributed by atoms with Crippen LogP contribution in [0.2, 0.25) is 0 Å². The lowest BCUT2D eigenvalue weighted by Gasteiger charge is -2.12. The molecule has 0 saturated carbocycles. The molecule has 0 aliphatic rings. The summed E-state index contributed by atoms with van der Waals surface area (Å²) in [6, 6.07) is 9.92. The van der Waals surface area contributed by atoms with Gasteiger partial charge < -0.3 is 14.8 Å². The predicted octanol–water partition coefficient (Wildman–Crippen LogP) is 4.19. The molecule has 0 atom stereocenters. The number of amides is 1. The van der Waals surface area contributed by atoms with Crippen molar-refractivity contribution >= 4 is 17.7 Å². The second-order valence-corrected chi connectivity index (χ2v) is 5.23. The normalized spacial score (nSPS) is 10.7. The van der Waals surface area contributed by atoms with Crippen LogP contribution >= 0.6 is 0 Å². The minimum atomic E-state index is -0.484. The van der Waals surface area contributed by atoms with Gasteiger partial charge in [0.2, 0.25) is 0 Å². The molecule has 0 radical (unpaired) electrons. The van der Waals surface area contributed by atoms with Crippen molar-refractivity contribution in [1.82, 2.24) is 0 Å². The number of benzene rings is 2. The molecule has 2 aromatic rings. The number of hydrogen-bond donors (Lipinski definition) is 1. The van der Waals surface area contributed by atoms with Gasteiger partial charge in [-0.3, -0.25) is 4.79 Å². The highest BCUT2D eigenvalue weighted by molar-refractivity contribution is 5.92. The molecule has 1 N–H and O–H groups in total. The van der Waals surface area contributed by atoms with Crippen molar-refractivity contribution in [2.75, 3.05) is 19.0 Å². The molecular weight excluding hydrogens is 309 g/mol. The van der Waals surface area contributed by atoms with Crippen LogP contribution in [0.15, 0.2) is 42.5 Å². The van der Waals surface area contributed by atoms with Crippen LogP contribution in [-0.2, 0) is 4.79 Å². The fraction of sp³-hybridized carbons (Fsp3) is 0.211. The van der Waals surface area contributed by atoms with Gasteiger partial charge >= 0.3 is 0 Å². The van der Waals surface area contributed by atoms with Crippen molar-refractivity contribution in [2.45, 2.75) is 13.8 Å². The van der Waals surface area contributed by atoms with Gasteiger partial charge in [0, 0.05) is 0 Å². The summed E-state index contributed by atoms with van der Waals surface area (Å²) >= 11 is 0. The van der Waals surface area contributed by atoms with E-state index in [1.165, 1.54) is 13.2 Å². The fourth-order valence-corrected chi connectivity index (χ4v) is 2.16. The molecule has 5 heteroatoms. The summed E-state index contributed by atoms with van der Waals surface area (Å²) in [6.07, 6.45) is 3.85. The molecule has 0 heterocycles. The van der Waals surface area contributed by atoms with E-state index in [1.54, 1.807) is 18.2 Å². The molecule has 1 amide bonds. The number of allylic oxidation sites excluding steroid dienone is 1. The van der Waals surface area contributed by atoms with Gasteiger partial charge in [-0.1, -0.05) is 24.3 Å². The number of rotatable bonds is 6. The second-order valence-electron chi connectivity index (χ2n) is 5.23. The van der Waals surface area contributed by atoms with Crippen LogP contribution in [0.4, 0.5) is 10.1 Å². The molecule has 126 valence electrons. The molecule has 0 aromatic heterocycles. The Bertz CT molecular complexity index is 756. The van der Waals surface area contributed by atoms with Crippen LogP contribution in [-0.4, -0.2) is 19.6 Å². The van der Waals surface area contributed by atoms with E-state index in [-0.39, 0.29) is 12.3 Å². The molecule has 0 bridgehead atoms. The minimum absolute atomic E-state index is 0.138. The molecule has 0 spiro atoms. The topological polar surface area (TPSA) is 47.6 Å². The number of anilines is 1. The van der Waals surface area contributed by atoms with Crippen LogP contribution in [0.5, 0.6) is 11.5 Å². The first-order valence-corrected chi connectivity index (χ1v) is 7.53. The highest BCUT2D eigenvalue weighted by atomic mass is 19.1. The van der Waals surface area contributed by atoms with Gasteiger partial charge in [-0.05, 0) is 49.2 Å². The van der Waals surface area contributed by atoms with Gasteiger partial charge in [0.05, 0.1) is 12.8 Å². The number of halogens is 1. The van der Waals surface area contributed by atoms with E-state index in [0.717, 1.165) is 11.1 Å². The zero-order chi connectivity index (χ0) is 17.5. The molecule has 0 aliphatic heterocycles. The van der Waals surface area contributed by atoms with Crippen LogP contribution in [0.25, 0.3) is 6.08 Å². The Labute approximate surface area is 140 Å². The third-order valence-corrected chi connectivity index (χ3v) is 3.30. The first kappa shape index (κ1) is 17.5.